The standard InChI is InChI=1S/C16H10Cl2N4/c17-9-5-6-10-12(7-9)15(11-3-1-2-4-13(11)18)19-8-14-16(10)21-22-20-14/h1-7H,8H2,(H,20,21,22). The van der Waals surface area contributed by atoms with E-state index in [0.29, 0.717) is 16.6 Å². The number of aromatic nitrogens is 3. The molecule has 0 saturated carbocycles. The number of H-pyrrole nitrogens is 1. The van der Waals surface area contributed by atoms with E-state index in [4.69, 9.17) is 28.2 Å². The lowest BCUT2D eigenvalue weighted by molar-refractivity contribution is 0.898. The second-order valence-corrected chi connectivity index (χ2v) is 5.80. The average molecular weight is 329 g/mol. The summed E-state index contributed by atoms with van der Waals surface area (Å²) in [6, 6.07) is 13.3. The van der Waals surface area contributed by atoms with Crippen LogP contribution in [0.2, 0.25) is 10.0 Å². The van der Waals surface area contributed by atoms with E-state index in [2.05, 4.69) is 15.4 Å². The Hall–Kier alpha value is -2.17. The molecule has 6 heteroatoms. The SMILES string of the molecule is Clc1ccc2c(c1)C(c1ccccc1Cl)=NCc1n[nH]nc1-2. The third-order valence-corrected chi connectivity index (χ3v) is 4.19. The Morgan fingerprint density at radius 3 is 2.64 bits per heavy atom. The van der Waals surface area contributed by atoms with Gasteiger partial charge in [-0.2, -0.15) is 15.4 Å². The van der Waals surface area contributed by atoms with E-state index in [-0.39, 0.29) is 0 Å². The van der Waals surface area contributed by atoms with Crippen LogP contribution in [-0.2, 0) is 6.54 Å². The molecule has 108 valence electrons. The summed E-state index contributed by atoms with van der Waals surface area (Å²) in [4.78, 5) is 4.70. The molecule has 0 aliphatic carbocycles. The Morgan fingerprint density at radius 1 is 0.909 bits per heavy atom. The molecule has 4 nitrogen and oxygen atoms in total. The third-order valence-electron chi connectivity index (χ3n) is 3.63. The second-order valence-electron chi connectivity index (χ2n) is 4.95. The number of rotatable bonds is 1. The summed E-state index contributed by atoms with van der Waals surface area (Å²) in [7, 11) is 0. The van der Waals surface area contributed by atoms with E-state index in [9.17, 15) is 0 Å². The van der Waals surface area contributed by atoms with Gasteiger partial charge < -0.3 is 0 Å². The maximum Gasteiger partial charge on any atom is 0.118 e. The molecule has 0 radical (unpaired) electrons. The largest absolute Gasteiger partial charge is 0.277 e. The highest BCUT2D eigenvalue weighted by Gasteiger charge is 2.23. The van der Waals surface area contributed by atoms with E-state index < -0.39 is 0 Å². The normalized spacial score (nSPS) is 13.1. The van der Waals surface area contributed by atoms with Crippen LogP contribution >= 0.6 is 23.2 Å². The van der Waals surface area contributed by atoms with Crippen LogP contribution in [0, 0.1) is 0 Å². The van der Waals surface area contributed by atoms with Crippen LogP contribution in [0.4, 0.5) is 0 Å². The van der Waals surface area contributed by atoms with Crippen LogP contribution < -0.4 is 0 Å². The highest BCUT2D eigenvalue weighted by Crippen LogP contribution is 2.33. The summed E-state index contributed by atoms with van der Waals surface area (Å²) in [6.45, 7) is 0.443. The second kappa shape index (κ2) is 5.23. The van der Waals surface area contributed by atoms with E-state index >= 15 is 0 Å². The Bertz CT molecular complexity index is 899. The van der Waals surface area contributed by atoms with Gasteiger partial charge in [-0.25, -0.2) is 0 Å². The predicted octanol–water partition coefficient (Wildman–Crippen LogP) is 4.13. The summed E-state index contributed by atoms with van der Waals surface area (Å²) >= 11 is 12.5. The lowest BCUT2D eigenvalue weighted by atomic mass is 9.96. The molecule has 4 rings (SSSR count). The number of halogens is 2. The average Bonchev–Trinajstić information content (AvgIpc) is 2.92. The first kappa shape index (κ1) is 13.5. The molecule has 0 fully saturated rings. The van der Waals surface area contributed by atoms with Gasteiger partial charge in [0.05, 0.1) is 12.3 Å². The number of nitrogens with one attached hydrogen (secondary N) is 1. The molecule has 3 aromatic rings. The van der Waals surface area contributed by atoms with E-state index in [0.717, 1.165) is 33.8 Å². The fourth-order valence-electron chi connectivity index (χ4n) is 2.62. The molecule has 1 aromatic heterocycles. The van der Waals surface area contributed by atoms with Crippen LogP contribution in [0.5, 0.6) is 0 Å². The Morgan fingerprint density at radius 2 is 1.77 bits per heavy atom. The number of fused-ring (bicyclic) bond motifs is 3. The van der Waals surface area contributed by atoms with Crippen molar-refractivity contribution in [3.63, 3.8) is 0 Å². The van der Waals surface area contributed by atoms with Crippen molar-refractivity contribution in [1.29, 1.82) is 0 Å². The van der Waals surface area contributed by atoms with Crippen LogP contribution in [-0.4, -0.2) is 21.1 Å². The van der Waals surface area contributed by atoms with Gasteiger partial charge in [0.2, 0.25) is 0 Å². The van der Waals surface area contributed by atoms with Crippen molar-refractivity contribution in [2.45, 2.75) is 6.54 Å². The molecule has 2 aromatic carbocycles. The number of hydrogen-bond acceptors (Lipinski definition) is 3. The van der Waals surface area contributed by atoms with Crippen molar-refractivity contribution in [2.75, 3.05) is 0 Å². The zero-order valence-electron chi connectivity index (χ0n) is 11.3. The quantitative estimate of drug-likeness (QED) is 0.730. The molecule has 0 saturated heterocycles. The van der Waals surface area contributed by atoms with Gasteiger partial charge in [0, 0.05) is 26.7 Å². The molecule has 1 aliphatic rings. The first-order valence-corrected chi connectivity index (χ1v) is 7.49. The van der Waals surface area contributed by atoms with E-state index in [1.165, 1.54) is 0 Å². The van der Waals surface area contributed by atoms with Crippen molar-refractivity contribution in [3.05, 3.63) is 69.3 Å². The monoisotopic (exact) mass is 328 g/mol. The fourth-order valence-corrected chi connectivity index (χ4v) is 3.02. The van der Waals surface area contributed by atoms with Gasteiger partial charge in [0.15, 0.2) is 0 Å². The van der Waals surface area contributed by atoms with Gasteiger partial charge in [0.25, 0.3) is 0 Å². The van der Waals surface area contributed by atoms with Crippen molar-refractivity contribution in [3.8, 4) is 11.3 Å². The van der Waals surface area contributed by atoms with Crippen molar-refractivity contribution < 1.29 is 0 Å². The van der Waals surface area contributed by atoms with Crippen molar-refractivity contribution >= 4 is 28.9 Å². The zero-order valence-corrected chi connectivity index (χ0v) is 12.9. The first-order chi connectivity index (χ1) is 10.7. The molecule has 0 atom stereocenters. The summed E-state index contributed by atoms with van der Waals surface area (Å²) < 4.78 is 0. The van der Waals surface area contributed by atoms with E-state index in [1.54, 1.807) is 0 Å². The molecular weight excluding hydrogens is 319 g/mol. The number of aliphatic imine (C=N–C) groups is 1. The minimum Gasteiger partial charge on any atom is -0.277 e. The third kappa shape index (κ3) is 2.12. The Kier molecular flexibility index (Phi) is 3.21. The lowest BCUT2D eigenvalue weighted by Gasteiger charge is -2.11. The maximum atomic E-state index is 6.35. The van der Waals surface area contributed by atoms with Crippen LogP contribution in [0.25, 0.3) is 11.3 Å². The Labute approximate surface area is 136 Å². The molecule has 1 aliphatic heterocycles. The number of benzene rings is 2. The summed E-state index contributed by atoms with van der Waals surface area (Å²) in [5.74, 6) is 0. The highest BCUT2D eigenvalue weighted by molar-refractivity contribution is 6.36. The predicted molar refractivity (Wildman–Crippen MR) is 87.6 cm³/mol. The molecule has 0 bridgehead atoms. The highest BCUT2D eigenvalue weighted by atomic mass is 35.5. The first-order valence-electron chi connectivity index (χ1n) is 6.73. The van der Waals surface area contributed by atoms with Gasteiger partial charge in [-0.05, 0) is 18.2 Å². The molecule has 0 spiro atoms. The minimum absolute atomic E-state index is 0.443. The Balaban J connectivity index is 2.01. The zero-order chi connectivity index (χ0) is 15.1. The summed E-state index contributed by atoms with van der Waals surface area (Å²) in [6.07, 6.45) is 0. The molecule has 22 heavy (non-hydrogen) atoms. The molecule has 2 heterocycles. The smallest absolute Gasteiger partial charge is 0.118 e. The van der Waals surface area contributed by atoms with Crippen LogP contribution in [0.3, 0.4) is 0 Å². The number of aromatic amines is 1. The molecular formula is C16H10Cl2N4. The van der Waals surface area contributed by atoms with Gasteiger partial charge in [-0.3, -0.25) is 4.99 Å². The number of hydrogen-bond donors (Lipinski definition) is 1. The van der Waals surface area contributed by atoms with Gasteiger partial charge in [0.1, 0.15) is 11.4 Å². The van der Waals surface area contributed by atoms with Crippen LogP contribution in [0.15, 0.2) is 47.5 Å². The number of nitrogens with zero attached hydrogens (tertiary/aromatic N) is 3. The van der Waals surface area contributed by atoms with Gasteiger partial charge in [-0.15, -0.1) is 0 Å². The van der Waals surface area contributed by atoms with Crippen molar-refractivity contribution in [2.24, 2.45) is 4.99 Å². The maximum absolute atomic E-state index is 6.35. The van der Waals surface area contributed by atoms with Crippen LogP contribution in [0.1, 0.15) is 16.8 Å². The molecule has 1 N–H and O–H groups in total. The lowest BCUT2D eigenvalue weighted by Crippen LogP contribution is -2.05. The van der Waals surface area contributed by atoms with Gasteiger partial charge >= 0.3 is 0 Å². The van der Waals surface area contributed by atoms with Gasteiger partial charge in [-0.1, -0.05) is 47.5 Å². The van der Waals surface area contributed by atoms with E-state index in [1.807, 2.05) is 42.5 Å². The summed E-state index contributed by atoms with van der Waals surface area (Å²) in [5.41, 5.74) is 5.16. The topological polar surface area (TPSA) is 53.9 Å². The molecule has 0 unspecified atom stereocenters. The summed E-state index contributed by atoms with van der Waals surface area (Å²) in [5, 5.41) is 12.4. The fraction of sp³-hybridized carbons (Fsp3) is 0.0625. The molecule has 0 amide bonds. The van der Waals surface area contributed by atoms with Crippen molar-refractivity contribution in [1.82, 2.24) is 15.4 Å². The minimum atomic E-state index is 0.443.